The van der Waals surface area contributed by atoms with E-state index >= 15 is 0 Å². The van der Waals surface area contributed by atoms with Crippen LogP contribution in [-0.4, -0.2) is 27.6 Å². The van der Waals surface area contributed by atoms with Crippen LogP contribution in [0.15, 0.2) is 17.0 Å². The van der Waals surface area contributed by atoms with Gasteiger partial charge in [-0.05, 0) is 49.9 Å². The third-order valence-corrected chi connectivity index (χ3v) is 6.12. The number of aryl methyl sites for hydroxylation is 2. The molecule has 0 saturated heterocycles. The molecule has 0 heterocycles. The molecule has 1 aliphatic carbocycles. The Hall–Kier alpha value is -1.11. The summed E-state index contributed by atoms with van der Waals surface area (Å²) in [7, 11) is -2.01. The minimum Gasteiger partial charge on any atom is -0.497 e. The minimum absolute atomic E-state index is 0.334. The first kappa shape index (κ1) is 16.3. The first-order valence-corrected chi connectivity index (χ1v) is 8.71. The van der Waals surface area contributed by atoms with Gasteiger partial charge in [0.15, 0.2) is 0 Å². The van der Waals surface area contributed by atoms with Crippen LogP contribution in [0.25, 0.3) is 0 Å². The Morgan fingerprint density at radius 1 is 1.24 bits per heavy atom. The summed E-state index contributed by atoms with van der Waals surface area (Å²) in [6.07, 6.45) is 3.63. The normalized spacial score (nSPS) is 17.9. The van der Waals surface area contributed by atoms with E-state index < -0.39 is 15.6 Å². The Labute approximate surface area is 126 Å². The predicted octanol–water partition coefficient (Wildman–Crippen LogP) is 1.86. The molecular weight excluding hydrogens is 288 g/mol. The van der Waals surface area contributed by atoms with E-state index in [2.05, 4.69) is 4.72 Å². The lowest BCUT2D eigenvalue weighted by Gasteiger charge is -2.29. The molecule has 0 atom stereocenters. The van der Waals surface area contributed by atoms with Crippen LogP contribution in [0, 0.1) is 13.8 Å². The van der Waals surface area contributed by atoms with Crippen molar-refractivity contribution in [2.45, 2.75) is 50.0 Å². The van der Waals surface area contributed by atoms with E-state index in [1.165, 1.54) is 0 Å². The van der Waals surface area contributed by atoms with Crippen LogP contribution in [0.1, 0.15) is 36.8 Å². The molecule has 2 rings (SSSR count). The van der Waals surface area contributed by atoms with E-state index in [0.717, 1.165) is 25.7 Å². The molecule has 0 spiro atoms. The summed E-state index contributed by atoms with van der Waals surface area (Å²) in [5.41, 5.74) is 6.71. The van der Waals surface area contributed by atoms with Gasteiger partial charge in [0.1, 0.15) is 5.75 Å². The van der Waals surface area contributed by atoms with Gasteiger partial charge in [0, 0.05) is 12.1 Å². The van der Waals surface area contributed by atoms with Gasteiger partial charge in [-0.3, -0.25) is 0 Å². The van der Waals surface area contributed by atoms with Crippen molar-refractivity contribution >= 4 is 10.0 Å². The number of nitrogens with two attached hydrogens (primary N) is 1. The molecule has 0 aromatic heterocycles. The zero-order valence-electron chi connectivity index (χ0n) is 12.9. The van der Waals surface area contributed by atoms with Crippen molar-refractivity contribution in [2.75, 3.05) is 13.7 Å². The van der Waals surface area contributed by atoms with Crippen molar-refractivity contribution in [3.63, 3.8) is 0 Å². The third-order valence-electron chi connectivity index (χ3n) is 4.24. The van der Waals surface area contributed by atoms with E-state index in [4.69, 9.17) is 10.5 Å². The monoisotopic (exact) mass is 312 g/mol. The highest BCUT2D eigenvalue weighted by atomic mass is 32.2. The fraction of sp³-hybridized carbons (Fsp3) is 0.600. The van der Waals surface area contributed by atoms with Crippen LogP contribution in [0.3, 0.4) is 0 Å². The van der Waals surface area contributed by atoms with Crippen molar-refractivity contribution in [1.82, 2.24) is 4.72 Å². The number of methoxy groups -OCH3 is 1. The van der Waals surface area contributed by atoms with Crippen molar-refractivity contribution in [2.24, 2.45) is 5.73 Å². The topological polar surface area (TPSA) is 81.4 Å². The van der Waals surface area contributed by atoms with Crippen molar-refractivity contribution in [1.29, 1.82) is 0 Å². The molecule has 1 aliphatic rings. The maximum atomic E-state index is 12.8. The van der Waals surface area contributed by atoms with Crippen LogP contribution < -0.4 is 15.2 Å². The molecule has 1 aromatic rings. The molecule has 1 fully saturated rings. The Morgan fingerprint density at radius 3 is 2.19 bits per heavy atom. The second kappa shape index (κ2) is 5.94. The van der Waals surface area contributed by atoms with Gasteiger partial charge in [-0.25, -0.2) is 13.1 Å². The molecule has 118 valence electrons. The molecule has 1 aromatic carbocycles. The highest BCUT2D eigenvalue weighted by Crippen LogP contribution is 2.32. The fourth-order valence-corrected chi connectivity index (χ4v) is 5.11. The standard InChI is InChI=1S/C15H24N2O3S/c1-11-8-13(20-3)9-12(2)14(11)21(18,19)17-15(10-16)6-4-5-7-15/h8-9,17H,4-7,10,16H2,1-3H3. The molecule has 0 radical (unpaired) electrons. The lowest BCUT2D eigenvalue weighted by molar-refractivity contribution is 0.399. The van der Waals surface area contributed by atoms with Gasteiger partial charge in [0.25, 0.3) is 0 Å². The molecule has 5 nitrogen and oxygen atoms in total. The second-order valence-corrected chi connectivity index (χ2v) is 7.51. The second-order valence-electron chi connectivity index (χ2n) is 5.89. The van der Waals surface area contributed by atoms with E-state index in [1.807, 2.05) is 0 Å². The lowest BCUT2D eigenvalue weighted by Crippen LogP contribution is -2.51. The quantitative estimate of drug-likeness (QED) is 0.869. The number of sulfonamides is 1. The van der Waals surface area contributed by atoms with Crippen LogP contribution in [0.5, 0.6) is 5.75 Å². The summed E-state index contributed by atoms with van der Waals surface area (Å²) in [5.74, 6) is 0.665. The number of benzene rings is 1. The Balaban J connectivity index is 2.40. The number of rotatable bonds is 5. The third kappa shape index (κ3) is 3.22. The summed E-state index contributed by atoms with van der Waals surface area (Å²) >= 11 is 0. The zero-order chi connectivity index (χ0) is 15.7. The SMILES string of the molecule is COc1cc(C)c(S(=O)(=O)NC2(CN)CCCC2)c(C)c1. The summed E-state index contributed by atoms with van der Waals surface area (Å²) in [6.45, 7) is 3.90. The van der Waals surface area contributed by atoms with Gasteiger partial charge >= 0.3 is 0 Å². The van der Waals surface area contributed by atoms with Gasteiger partial charge in [-0.2, -0.15) is 0 Å². The lowest BCUT2D eigenvalue weighted by atomic mass is 10.0. The molecule has 21 heavy (non-hydrogen) atoms. The molecule has 0 aliphatic heterocycles. The maximum absolute atomic E-state index is 12.8. The summed E-state index contributed by atoms with van der Waals surface area (Å²) in [6, 6.07) is 3.48. The van der Waals surface area contributed by atoms with Gasteiger partial charge in [-0.15, -0.1) is 0 Å². The number of hydrogen-bond donors (Lipinski definition) is 2. The van der Waals surface area contributed by atoms with E-state index in [1.54, 1.807) is 33.1 Å². The van der Waals surface area contributed by atoms with Crippen LogP contribution in [-0.2, 0) is 10.0 Å². The molecule has 0 amide bonds. The Kier molecular flexibility index (Phi) is 4.60. The minimum atomic E-state index is -3.59. The molecule has 0 bridgehead atoms. The first-order valence-electron chi connectivity index (χ1n) is 7.23. The molecule has 3 N–H and O–H groups in total. The largest absolute Gasteiger partial charge is 0.497 e. The Morgan fingerprint density at radius 2 is 1.76 bits per heavy atom. The van der Waals surface area contributed by atoms with Gasteiger partial charge < -0.3 is 10.5 Å². The smallest absolute Gasteiger partial charge is 0.241 e. The van der Waals surface area contributed by atoms with Crippen LogP contribution >= 0.6 is 0 Å². The van der Waals surface area contributed by atoms with Crippen molar-refractivity contribution in [3.05, 3.63) is 23.3 Å². The van der Waals surface area contributed by atoms with E-state index in [-0.39, 0.29) is 0 Å². The predicted molar refractivity (Wildman–Crippen MR) is 83.0 cm³/mol. The summed E-state index contributed by atoms with van der Waals surface area (Å²) in [4.78, 5) is 0.336. The van der Waals surface area contributed by atoms with E-state index in [0.29, 0.717) is 28.3 Å². The average molecular weight is 312 g/mol. The van der Waals surface area contributed by atoms with Gasteiger partial charge in [-0.1, -0.05) is 12.8 Å². The van der Waals surface area contributed by atoms with Crippen LogP contribution in [0.4, 0.5) is 0 Å². The van der Waals surface area contributed by atoms with Crippen molar-refractivity contribution in [3.8, 4) is 5.75 Å². The number of ether oxygens (including phenoxy) is 1. The zero-order valence-corrected chi connectivity index (χ0v) is 13.7. The summed E-state index contributed by atoms with van der Waals surface area (Å²) in [5, 5.41) is 0. The molecule has 0 unspecified atom stereocenters. The molecule has 1 saturated carbocycles. The van der Waals surface area contributed by atoms with Crippen LogP contribution in [0.2, 0.25) is 0 Å². The van der Waals surface area contributed by atoms with Gasteiger partial charge in [0.2, 0.25) is 10.0 Å². The average Bonchev–Trinajstić information content (AvgIpc) is 2.85. The first-order chi connectivity index (χ1) is 9.83. The summed E-state index contributed by atoms with van der Waals surface area (Å²) < 4.78 is 33.6. The van der Waals surface area contributed by atoms with Gasteiger partial charge in [0.05, 0.1) is 12.0 Å². The van der Waals surface area contributed by atoms with E-state index in [9.17, 15) is 8.42 Å². The number of nitrogens with one attached hydrogen (secondary N) is 1. The fourth-order valence-electron chi connectivity index (χ4n) is 3.19. The maximum Gasteiger partial charge on any atom is 0.241 e. The highest BCUT2D eigenvalue weighted by Gasteiger charge is 2.37. The van der Waals surface area contributed by atoms with Crippen molar-refractivity contribution < 1.29 is 13.2 Å². The Bertz CT molecular complexity index is 597. The number of hydrogen-bond acceptors (Lipinski definition) is 4. The highest BCUT2D eigenvalue weighted by molar-refractivity contribution is 7.89. The molecular formula is C15H24N2O3S. The molecule has 6 heteroatoms.